The predicted octanol–water partition coefficient (Wildman–Crippen LogP) is 2.84. The van der Waals surface area contributed by atoms with E-state index in [0.717, 1.165) is 29.0 Å². The predicted molar refractivity (Wildman–Crippen MR) is 61.1 cm³/mol. The number of piperidine rings is 1. The molecule has 1 aromatic heterocycles. The molecule has 1 aliphatic heterocycles. The highest BCUT2D eigenvalue weighted by atomic mass is 35.5. The van der Waals surface area contributed by atoms with E-state index in [2.05, 4.69) is 9.88 Å². The number of likely N-dealkylation sites (tertiary alicyclic amines) is 1. The highest BCUT2D eigenvalue weighted by Gasteiger charge is 2.44. The van der Waals surface area contributed by atoms with Crippen LogP contribution >= 0.6 is 23.2 Å². The van der Waals surface area contributed by atoms with Crippen molar-refractivity contribution in [3.8, 4) is 0 Å². The standard InChI is InChI=1S/C11H12Cl2N2/c12-10-2-11(13)14-3-9(10)6-15-4-7-1-8(7)5-15/h2-3,7-8H,1,4-6H2. The van der Waals surface area contributed by atoms with Crippen LogP contribution in [0.2, 0.25) is 10.2 Å². The van der Waals surface area contributed by atoms with Gasteiger partial charge in [0.15, 0.2) is 0 Å². The van der Waals surface area contributed by atoms with E-state index >= 15 is 0 Å². The molecule has 3 rings (SSSR count). The first-order valence-corrected chi connectivity index (χ1v) is 6.00. The summed E-state index contributed by atoms with van der Waals surface area (Å²) >= 11 is 11.9. The Morgan fingerprint density at radius 2 is 2.07 bits per heavy atom. The SMILES string of the molecule is Clc1cc(Cl)c(CN2CC3CC3C2)cn1. The molecule has 2 unspecified atom stereocenters. The average molecular weight is 243 g/mol. The fourth-order valence-corrected chi connectivity index (χ4v) is 2.84. The van der Waals surface area contributed by atoms with Gasteiger partial charge in [0.2, 0.25) is 0 Å². The van der Waals surface area contributed by atoms with Crippen molar-refractivity contribution < 1.29 is 0 Å². The maximum absolute atomic E-state index is 6.10. The van der Waals surface area contributed by atoms with Gasteiger partial charge < -0.3 is 0 Å². The van der Waals surface area contributed by atoms with Gasteiger partial charge >= 0.3 is 0 Å². The zero-order valence-electron chi connectivity index (χ0n) is 8.29. The Balaban J connectivity index is 1.71. The highest BCUT2D eigenvalue weighted by Crippen LogP contribution is 2.45. The molecule has 0 spiro atoms. The number of hydrogen-bond acceptors (Lipinski definition) is 2. The summed E-state index contributed by atoms with van der Waals surface area (Å²) in [5.74, 6) is 1.92. The Morgan fingerprint density at radius 3 is 2.73 bits per heavy atom. The molecule has 2 atom stereocenters. The third-order valence-corrected chi connectivity index (χ3v) is 3.90. The fourth-order valence-electron chi connectivity index (χ4n) is 2.42. The van der Waals surface area contributed by atoms with Crippen LogP contribution in [0.4, 0.5) is 0 Å². The van der Waals surface area contributed by atoms with Gasteiger partial charge in [0.1, 0.15) is 5.15 Å². The number of halogens is 2. The third-order valence-electron chi connectivity index (χ3n) is 3.34. The van der Waals surface area contributed by atoms with Crippen molar-refractivity contribution in [2.45, 2.75) is 13.0 Å². The number of nitrogens with zero attached hydrogens (tertiary/aromatic N) is 2. The van der Waals surface area contributed by atoms with E-state index in [1.54, 1.807) is 12.3 Å². The molecule has 1 saturated carbocycles. The lowest BCUT2D eigenvalue weighted by molar-refractivity contribution is 0.297. The summed E-state index contributed by atoms with van der Waals surface area (Å²) in [7, 11) is 0. The molecule has 15 heavy (non-hydrogen) atoms. The summed E-state index contributed by atoms with van der Waals surface area (Å²) in [6.07, 6.45) is 3.22. The van der Waals surface area contributed by atoms with Crippen LogP contribution in [0, 0.1) is 11.8 Å². The molecule has 0 aromatic carbocycles. The van der Waals surface area contributed by atoms with E-state index in [1.165, 1.54) is 19.5 Å². The molecule has 0 amide bonds. The normalized spacial score (nSPS) is 29.2. The molecule has 2 aliphatic rings. The quantitative estimate of drug-likeness (QED) is 0.742. The Morgan fingerprint density at radius 1 is 1.33 bits per heavy atom. The monoisotopic (exact) mass is 242 g/mol. The maximum Gasteiger partial charge on any atom is 0.130 e. The van der Waals surface area contributed by atoms with Crippen LogP contribution in [0.5, 0.6) is 0 Å². The zero-order valence-corrected chi connectivity index (χ0v) is 9.80. The van der Waals surface area contributed by atoms with Crippen molar-refractivity contribution in [1.82, 2.24) is 9.88 Å². The van der Waals surface area contributed by atoms with Crippen molar-refractivity contribution in [2.24, 2.45) is 11.8 Å². The largest absolute Gasteiger partial charge is 0.298 e. The van der Waals surface area contributed by atoms with Gasteiger partial charge in [-0.3, -0.25) is 4.90 Å². The van der Waals surface area contributed by atoms with Gasteiger partial charge in [-0.2, -0.15) is 0 Å². The van der Waals surface area contributed by atoms with E-state index in [9.17, 15) is 0 Å². The van der Waals surface area contributed by atoms with E-state index in [4.69, 9.17) is 23.2 Å². The lowest BCUT2D eigenvalue weighted by Crippen LogP contribution is -2.22. The zero-order chi connectivity index (χ0) is 10.4. The van der Waals surface area contributed by atoms with Gasteiger partial charge in [0.25, 0.3) is 0 Å². The molecule has 0 bridgehead atoms. The smallest absolute Gasteiger partial charge is 0.130 e. The first-order valence-electron chi connectivity index (χ1n) is 5.24. The Bertz CT molecular complexity index is 384. The van der Waals surface area contributed by atoms with Crippen LogP contribution in [0.15, 0.2) is 12.3 Å². The number of rotatable bonds is 2. The van der Waals surface area contributed by atoms with Gasteiger partial charge in [-0.05, 0) is 24.3 Å². The minimum atomic E-state index is 0.466. The summed E-state index contributed by atoms with van der Waals surface area (Å²) in [6.45, 7) is 3.36. The molecule has 80 valence electrons. The molecule has 1 aliphatic carbocycles. The van der Waals surface area contributed by atoms with Gasteiger partial charge in [0, 0.05) is 36.4 Å². The Hall–Kier alpha value is -0.310. The first-order chi connectivity index (χ1) is 7.22. The van der Waals surface area contributed by atoms with Crippen LogP contribution in [-0.2, 0) is 6.54 Å². The molecule has 0 radical (unpaired) electrons. The summed E-state index contributed by atoms with van der Waals surface area (Å²) in [6, 6.07) is 1.72. The molecule has 1 aromatic rings. The van der Waals surface area contributed by atoms with E-state index in [1.807, 2.05) is 0 Å². The number of pyridine rings is 1. The van der Waals surface area contributed by atoms with Gasteiger partial charge in [-0.1, -0.05) is 23.2 Å². The lowest BCUT2D eigenvalue weighted by atomic mass is 10.2. The van der Waals surface area contributed by atoms with Crippen molar-refractivity contribution in [2.75, 3.05) is 13.1 Å². The molecule has 2 heterocycles. The Kier molecular flexibility index (Phi) is 2.38. The summed E-state index contributed by atoms with van der Waals surface area (Å²) in [5, 5.41) is 1.20. The van der Waals surface area contributed by atoms with Crippen LogP contribution in [0.1, 0.15) is 12.0 Å². The fraction of sp³-hybridized carbons (Fsp3) is 0.545. The molecule has 4 heteroatoms. The second-order valence-corrected chi connectivity index (χ2v) is 5.34. The van der Waals surface area contributed by atoms with Crippen molar-refractivity contribution in [1.29, 1.82) is 0 Å². The van der Waals surface area contributed by atoms with Crippen LogP contribution in [0.25, 0.3) is 0 Å². The average Bonchev–Trinajstić information content (AvgIpc) is 2.79. The number of fused-ring (bicyclic) bond motifs is 1. The van der Waals surface area contributed by atoms with Gasteiger partial charge in [-0.25, -0.2) is 4.98 Å². The second kappa shape index (κ2) is 3.62. The third kappa shape index (κ3) is 1.99. The van der Waals surface area contributed by atoms with Crippen LogP contribution in [0.3, 0.4) is 0 Å². The van der Waals surface area contributed by atoms with Crippen LogP contribution < -0.4 is 0 Å². The van der Waals surface area contributed by atoms with Gasteiger partial charge in [0.05, 0.1) is 0 Å². The number of hydrogen-bond donors (Lipinski definition) is 0. The summed E-state index contributed by atoms with van der Waals surface area (Å²) in [5.41, 5.74) is 1.09. The lowest BCUT2D eigenvalue weighted by Gasteiger charge is -2.17. The van der Waals surface area contributed by atoms with Crippen LogP contribution in [-0.4, -0.2) is 23.0 Å². The molecule has 1 saturated heterocycles. The highest BCUT2D eigenvalue weighted by molar-refractivity contribution is 6.34. The molecule has 0 N–H and O–H groups in total. The molecular formula is C11H12Cl2N2. The van der Waals surface area contributed by atoms with Crippen molar-refractivity contribution in [3.05, 3.63) is 28.0 Å². The topological polar surface area (TPSA) is 16.1 Å². The van der Waals surface area contributed by atoms with Crippen molar-refractivity contribution in [3.63, 3.8) is 0 Å². The van der Waals surface area contributed by atoms with Gasteiger partial charge in [-0.15, -0.1) is 0 Å². The van der Waals surface area contributed by atoms with E-state index in [-0.39, 0.29) is 0 Å². The summed E-state index contributed by atoms with van der Waals surface area (Å²) < 4.78 is 0. The maximum atomic E-state index is 6.10. The minimum absolute atomic E-state index is 0.466. The first kappa shape index (κ1) is 9.88. The van der Waals surface area contributed by atoms with E-state index in [0.29, 0.717) is 5.15 Å². The molecule has 2 nitrogen and oxygen atoms in total. The Labute approximate surface area is 99.2 Å². The van der Waals surface area contributed by atoms with Crippen molar-refractivity contribution >= 4 is 23.2 Å². The summed E-state index contributed by atoms with van der Waals surface area (Å²) in [4.78, 5) is 6.52. The minimum Gasteiger partial charge on any atom is -0.298 e. The molecular weight excluding hydrogens is 231 g/mol. The van der Waals surface area contributed by atoms with E-state index < -0.39 is 0 Å². The number of aromatic nitrogens is 1. The second-order valence-electron chi connectivity index (χ2n) is 4.55. The molecule has 2 fully saturated rings.